The van der Waals surface area contributed by atoms with Crippen LogP contribution in [0, 0.1) is 10.7 Å². The summed E-state index contributed by atoms with van der Waals surface area (Å²) in [5, 5.41) is 0. The summed E-state index contributed by atoms with van der Waals surface area (Å²) >= 11 is 5.39. The van der Waals surface area contributed by atoms with Gasteiger partial charge in [0.05, 0.1) is 18.7 Å². The van der Waals surface area contributed by atoms with Crippen molar-refractivity contribution >= 4 is 23.3 Å². The average molecular weight is 294 g/mol. The Morgan fingerprint density at radius 2 is 2.15 bits per heavy atom. The summed E-state index contributed by atoms with van der Waals surface area (Å²) in [6, 6.07) is 5.99. The first-order valence-corrected chi connectivity index (χ1v) is 7.46. The summed E-state index contributed by atoms with van der Waals surface area (Å²) in [5.41, 5.74) is 2.03. The second-order valence-corrected chi connectivity index (χ2v) is 5.52. The number of fused-ring (bicyclic) bond motifs is 1. The van der Waals surface area contributed by atoms with Gasteiger partial charge in [-0.15, -0.1) is 0 Å². The Hall–Kier alpha value is -1.33. The van der Waals surface area contributed by atoms with Gasteiger partial charge < -0.3 is 19.0 Å². The molecule has 20 heavy (non-hydrogen) atoms. The molecule has 0 radical (unpaired) electrons. The van der Waals surface area contributed by atoms with Crippen molar-refractivity contribution in [1.29, 1.82) is 0 Å². The van der Waals surface area contributed by atoms with Crippen LogP contribution in [0.2, 0.25) is 0 Å². The highest BCUT2D eigenvalue weighted by Gasteiger charge is 2.08. The number of hydrogen-bond acceptors (Lipinski definition) is 3. The van der Waals surface area contributed by atoms with Gasteiger partial charge in [-0.25, -0.2) is 0 Å². The average Bonchev–Trinajstić information content (AvgIpc) is 2.72. The molecule has 0 unspecified atom stereocenters. The highest BCUT2D eigenvalue weighted by molar-refractivity contribution is 7.71. The van der Waals surface area contributed by atoms with Gasteiger partial charge in [0.1, 0.15) is 11.3 Å². The molecule has 1 aromatic heterocycles. The number of rotatable bonds is 7. The minimum Gasteiger partial charge on any atom is -0.492 e. The first-order chi connectivity index (χ1) is 9.63. The standard InChI is InChI=1S/C15H22N2O2S/c1-4-19-13-7-5-6-12-14(13)16-15(20)17(12)8-9-18-10-11(2)3/h5-7,11H,4,8-10H2,1-3H3,(H,16,20). The van der Waals surface area contributed by atoms with Crippen molar-refractivity contribution in [3.63, 3.8) is 0 Å². The van der Waals surface area contributed by atoms with Gasteiger partial charge in [-0.1, -0.05) is 19.9 Å². The van der Waals surface area contributed by atoms with Crippen LogP contribution in [0.25, 0.3) is 11.0 Å². The van der Waals surface area contributed by atoms with Gasteiger partial charge in [0, 0.05) is 13.2 Å². The molecule has 1 aromatic carbocycles. The maximum atomic E-state index is 5.64. The topological polar surface area (TPSA) is 39.2 Å². The quantitative estimate of drug-likeness (QED) is 0.624. The fourth-order valence-corrected chi connectivity index (χ4v) is 2.42. The SMILES string of the molecule is CCOc1cccc2c1[nH]c(=S)n2CCOCC(C)C. The number of hydrogen-bond donors (Lipinski definition) is 1. The molecule has 0 amide bonds. The van der Waals surface area contributed by atoms with Crippen LogP contribution in [0.3, 0.4) is 0 Å². The third-order valence-electron chi connectivity index (χ3n) is 2.98. The molecule has 0 atom stereocenters. The number of H-pyrrole nitrogens is 1. The predicted octanol–water partition coefficient (Wildman–Crippen LogP) is 3.77. The fourth-order valence-electron chi connectivity index (χ4n) is 2.13. The molecular weight excluding hydrogens is 272 g/mol. The molecule has 1 heterocycles. The van der Waals surface area contributed by atoms with Crippen LogP contribution in [-0.2, 0) is 11.3 Å². The van der Waals surface area contributed by atoms with Gasteiger partial charge in [-0.3, -0.25) is 0 Å². The lowest BCUT2D eigenvalue weighted by Crippen LogP contribution is -2.09. The van der Waals surface area contributed by atoms with Crippen molar-refractivity contribution in [2.45, 2.75) is 27.3 Å². The van der Waals surface area contributed by atoms with Crippen molar-refractivity contribution in [3.8, 4) is 5.75 Å². The molecule has 0 aliphatic carbocycles. The maximum Gasteiger partial charge on any atom is 0.178 e. The largest absolute Gasteiger partial charge is 0.492 e. The van der Waals surface area contributed by atoms with Crippen molar-refractivity contribution < 1.29 is 9.47 Å². The third-order valence-corrected chi connectivity index (χ3v) is 3.30. The van der Waals surface area contributed by atoms with Crippen LogP contribution < -0.4 is 4.74 Å². The Balaban J connectivity index is 2.19. The first kappa shape index (κ1) is 15.1. The summed E-state index contributed by atoms with van der Waals surface area (Å²) in [7, 11) is 0. The Morgan fingerprint density at radius 3 is 2.85 bits per heavy atom. The molecule has 4 nitrogen and oxygen atoms in total. The van der Waals surface area contributed by atoms with Gasteiger partial charge in [0.25, 0.3) is 0 Å². The smallest absolute Gasteiger partial charge is 0.178 e. The normalized spacial score (nSPS) is 11.4. The number of nitrogens with one attached hydrogen (secondary N) is 1. The van der Waals surface area contributed by atoms with E-state index in [2.05, 4.69) is 23.4 Å². The zero-order chi connectivity index (χ0) is 14.5. The molecule has 0 saturated carbocycles. The molecule has 1 N–H and O–H groups in total. The number of ether oxygens (including phenoxy) is 2. The number of imidazole rings is 1. The maximum absolute atomic E-state index is 5.64. The number of nitrogens with zero attached hydrogens (tertiary/aromatic N) is 1. The molecule has 0 bridgehead atoms. The second kappa shape index (κ2) is 6.90. The van der Waals surface area contributed by atoms with E-state index in [9.17, 15) is 0 Å². The number of para-hydroxylation sites is 1. The number of benzene rings is 1. The molecule has 0 aliphatic heterocycles. The van der Waals surface area contributed by atoms with Crippen LogP contribution in [0.1, 0.15) is 20.8 Å². The Bertz CT molecular complexity index is 616. The van der Waals surface area contributed by atoms with E-state index < -0.39 is 0 Å². The summed E-state index contributed by atoms with van der Waals surface area (Å²) in [6.07, 6.45) is 0. The summed E-state index contributed by atoms with van der Waals surface area (Å²) < 4.78 is 14.0. The Kier molecular flexibility index (Phi) is 5.20. The molecule has 0 aliphatic rings. The van der Waals surface area contributed by atoms with Crippen LogP contribution in [0.5, 0.6) is 5.75 Å². The van der Waals surface area contributed by atoms with Crippen molar-refractivity contribution in [1.82, 2.24) is 9.55 Å². The zero-order valence-electron chi connectivity index (χ0n) is 12.3. The highest BCUT2D eigenvalue weighted by Crippen LogP contribution is 2.24. The minimum absolute atomic E-state index is 0.551. The minimum atomic E-state index is 0.551. The molecule has 110 valence electrons. The Labute approximate surface area is 124 Å². The van der Waals surface area contributed by atoms with E-state index in [0.717, 1.165) is 29.9 Å². The van der Waals surface area contributed by atoms with E-state index in [0.29, 0.717) is 23.9 Å². The van der Waals surface area contributed by atoms with E-state index in [1.54, 1.807) is 0 Å². The molecule has 5 heteroatoms. The van der Waals surface area contributed by atoms with Crippen LogP contribution in [0.4, 0.5) is 0 Å². The molecular formula is C15H22N2O2S. The zero-order valence-corrected chi connectivity index (χ0v) is 13.1. The lowest BCUT2D eigenvalue weighted by Gasteiger charge is -2.08. The predicted molar refractivity (Wildman–Crippen MR) is 83.9 cm³/mol. The molecule has 2 aromatic rings. The molecule has 0 spiro atoms. The lowest BCUT2D eigenvalue weighted by atomic mass is 10.2. The van der Waals surface area contributed by atoms with Crippen LogP contribution >= 0.6 is 12.2 Å². The second-order valence-electron chi connectivity index (χ2n) is 5.13. The summed E-state index contributed by atoms with van der Waals surface area (Å²) in [6.45, 7) is 9.10. The fraction of sp³-hybridized carbons (Fsp3) is 0.533. The van der Waals surface area contributed by atoms with Crippen LogP contribution in [-0.4, -0.2) is 29.4 Å². The van der Waals surface area contributed by atoms with E-state index in [1.165, 1.54) is 0 Å². The van der Waals surface area contributed by atoms with E-state index in [4.69, 9.17) is 21.7 Å². The molecule has 0 fully saturated rings. The Morgan fingerprint density at radius 1 is 1.35 bits per heavy atom. The van der Waals surface area contributed by atoms with Crippen molar-refractivity contribution in [2.24, 2.45) is 5.92 Å². The summed E-state index contributed by atoms with van der Waals surface area (Å²) in [4.78, 5) is 3.23. The third kappa shape index (κ3) is 3.41. The highest BCUT2D eigenvalue weighted by atomic mass is 32.1. The summed E-state index contributed by atoms with van der Waals surface area (Å²) in [5.74, 6) is 1.40. The molecule has 0 saturated heterocycles. The van der Waals surface area contributed by atoms with Gasteiger partial charge in [-0.05, 0) is 37.2 Å². The number of aromatic nitrogens is 2. The van der Waals surface area contributed by atoms with Gasteiger partial charge in [0.2, 0.25) is 0 Å². The van der Waals surface area contributed by atoms with Gasteiger partial charge in [0.15, 0.2) is 4.77 Å². The van der Waals surface area contributed by atoms with Gasteiger partial charge >= 0.3 is 0 Å². The van der Waals surface area contributed by atoms with Crippen LogP contribution in [0.15, 0.2) is 18.2 Å². The van der Waals surface area contributed by atoms with E-state index in [-0.39, 0.29) is 0 Å². The van der Waals surface area contributed by atoms with E-state index >= 15 is 0 Å². The molecule has 2 rings (SSSR count). The van der Waals surface area contributed by atoms with Crippen molar-refractivity contribution in [2.75, 3.05) is 19.8 Å². The number of aromatic amines is 1. The lowest BCUT2D eigenvalue weighted by molar-refractivity contribution is 0.103. The van der Waals surface area contributed by atoms with Crippen molar-refractivity contribution in [3.05, 3.63) is 23.0 Å². The first-order valence-electron chi connectivity index (χ1n) is 7.05. The van der Waals surface area contributed by atoms with E-state index in [1.807, 2.05) is 25.1 Å². The van der Waals surface area contributed by atoms with Gasteiger partial charge in [-0.2, -0.15) is 0 Å². The monoisotopic (exact) mass is 294 g/mol.